The number of methoxy groups -OCH3 is 1. The summed E-state index contributed by atoms with van der Waals surface area (Å²) in [5, 5.41) is 11.4. The Morgan fingerprint density at radius 3 is 2.42 bits per heavy atom. The first-order valence-electron chi connectivity index (χ1n) is 7.45. The Hall–Kier alpha value is -2.86. The molecule has 0 atom stereocenters. The summed E-state index contributed by atoms with van der Waals surface area (Å²) in [6.07, 6.45) is 0. The summed E-state index contributed by atoms with van der Waals surface area (Å²) in [5.41, 5.74) is 2.10. The van der Waals surface area contributed by atoms with Crippen LogP contribution in [-0.4, -0.2) is 17.0 Å². The van der Waals surface area contributed by atoms with Gasteiger partial charge < -0.3 is 10.1 Å². The third-order valence-corrected chi connectivity index (χ3v) is 4.28. The van der Waals surface area contributed by atoms with Crippen molar-refractivity contribution in [1.82, 2.24) is 3.96 Å². The summed E-state index contributed by atoms with van der Waals surface area (Å²) < 4.78 is 6.95. The average molecular weight is 338 g/mol. The van der Waals surface area contributed by atoms with E-state index in [1.165, 1.54) is 11.5 Å². The third kappa shape index (κ3) is 3.72. The highest BCUT2D eigenvalue weighted by molar-refractivity contribution is 7.07. The number of benzene rings is 2. The molecule has 5 nitrogen and oxygen atoms in total. The number of ether oxygens (including phenoxy) is 1. The molecule has 3 rings (SSSR count). The van der Waals surface area contributed by atoms with Crippen molar-refractivity contribution in [2.24, 2.45) is 4.99 Å². The molecule has 0 bridgehead atoms. The summed E-state index contributed by atoms with van der Waals surface area (Å²) in [4.78, 5) is 5.73. The Morgan fingerprint density at radius 1 is 1.12 bits per heavy atom. The van der Waals surface area contributed by atoms with Crippen LogP contribution in [0.5, 0.6) is 5.75 Å². The number of nitrogens with one attached hydrogen (secondary N) is 2. The number of para-hydroxylation sites is 1. The van der Waals surface area contributed by atoms with Crippen molar-refractivity contribution >= 4 is 28.9 Å². The lowest BCUT2D eigenvalue weighted by Crippen LogP contribution is -2.28. The van der Waals surface area contributed by atoms with Crippen molar-refractivity contribution in [2.75, 3.05) is 12.4 Å². The van der Waals surface area contributed by atoms with Crippen LogP contribution in [0, 0.1) is 12.3 Å². The molecule has 0 saturated carbocycles. The Labute approximate surface area is 144 Å². The number of hydrogen-bond donors (Lipinski definition) is 2. The largest absolute Gasteiger partial charge is 0.497 e. The van der Waals surface area contributed by atoms with Crippen molar-refractivity contribution in [3.05, 3.63) is 71.0 Å². The molecule has 0 unspecified atom stereocenters. The second-order valence-corrected chi connectivity index (χ2v) is 6.34. The highest BCUT2D eigenvalue weighted by atomic mass is 32.1. The Kier molecular flexibility index (Phi) is 4.77. The fourth-order valence-corrected chi connectivity index (χ4v) is 2.96. The van der Waals surface area contributed by atoms with Crippen molar-refractivity contribution in [1.29, 1.82) is 5.41 Å². The summed E-state index contributed by atoms with van der Waals surface area (Å²) in [5.74, 6) is 1.38. The van der Waals surface area contributed by atoms with Crippen molar-refractivity contribution < 1.29 is 4.74 Å². The molecular weight excluding hydrogens is 320 g/mol. The number of anilines is 1. The average Bonchev–Trinajstić information content (AvgIpc) is 2.94. The quantitative estimate of drug-likeness (QED) is 0.560. The molecule has 0 fully saturated rings. The van der Waals surface area contributed by atoms with Gasteiger partial charge in [-0.1, -0.05) is 29.7 Å². The first-order valence-corrected chi connectivity index (χ1v) is 8.23. The molecule has 1 heterocycles. The Morgan fingerprint density at radius 2 is 1.83 bits per heavy atom. The van der Waals surface area contributed by atoms with Gasteiger partial charge in [-0.2, -0.15) is 0 Å². The van der Waals surface area contributed by atoms with Gasteiger partial charge in [0.2, 0.25) is 5.96 Å². The second kappa shape index (κ2) is 7.14. The van der Waals surface area contributed by atoms with E-state index in [-0.39, 0.29) is 0 Å². The lowest BCUT2D eigenvalue weighted by Gasteiger charge is -2.10. The SMILES string of the molecule is COc1ccc(N=C(Nc2ccccc2)n2sc(C)cc2=N)cc1. The normalized spacial score (nSPS) is 11.3. The zero-order valence-electron chi connectivity index (χ0n) is 13.5. The van der Waals surface area contributed by atoms with E-state index < -0.39 is 0 Å². The molecule has 1 aromatic heterocycles. The van der Waals surface area contributed by atoms with E-state index in [9.17, 15) is 0 Å². The van der Waals surface area contributed by atoms with Crippen molar-refractivity contribution in [3.8, 4) is 5.75 Å². The van der Waals surface area contributed by atoms with Gasteiger partial charge in [0.25, 0.3) is 0 Å². The smallest absolute Gasteiger partial charge is 0.223 e. The van der Waals surface area contributed by atoms with Gasteiger partial charge >= 0.3 is 0 Å². The summed E-state index contributed by atoms with van der Waals surface area (Å²) >= 11 is 1.48. The van der Waals surface area contributed by atoms with Crippen LogP contribution in [0.2, 0.25) is 0 Å². The minimum Gasteiger partial charge on any atom is -0.497 e. The van der Waals surface area contributed by atoms with Gasteiger partial charge in [-0.3, -0.25) is 5.41 Å². The zero-order chi connectivity index (χ0) is 16.9. The molecule has 0 aliphatic carbocycles. The number of aliphatic imine (C=N–C) groups is 1. The molecule has 24 heavy (non-hydrogen) atoms. The van der Waals surface area contributed by atoms with E-state index in [1.54, 1.807) is 11.1 Å². The maximum absolute atomic E-state index is 8.15. The maximum Gasteiger partial charge on any atom is 0.223 e. The maximum atomic E-state index is 8.15. The lowest BCUT2D eigenvalue weighted by molar-refractivity contribution is 0.415. The van der Waals surface area contributed by atoms with Gasteiger partial charge in [0.05, 0.1) is 12.8 Å². The van der Waals surface area contributed by atoms with Crippen molar-refractivity contribution in [3.63, 3.8) is 0 Å². The van der Waals surface area contributed by atoms with Gasteiger partial charge in [0.15, 0.2) is 0 Å². The lowest BCUT2D eigenvalue weighted by atomic mass is 10.3. The first kappa shape index (κ1) is 16.0. The Balaban J connectivity index is 2.01. The number of aromatic nitrogens is 1. The van der Waals surface area contributed by atoms with Crippen LogP contribution in [0.1, 0.15) is 4.88 Å². The number of aryl methyl sites for hydroxylation is 1. The second-order valence-electron chi connectivity index (χ2n) is 5.15. The fourth-order valence-electron chi connectivity index (χ4n) is 2.18. The molecule has 0 radical (unpaired) electrons. The van der Waals surface area contributed by atoms with Crippen LogP contribution < -0.4 is 15.5 Å². The third-order valence-electron chi connectivity index (χ3n) is 3.32. The minimum absolute atomic E-state index is 0.396. The molecule has 0 spiro atoms. The van der Waals surface area contributed by atoms with Gasteiger partial charge in [-0.05, 0) is 49.4 Å². The Bertz CT molecular complexity index is 895. The summed E-state index contributed by atoms with van der Waals surface area (Å²) in [6, 6.07) is 19.1. The molecule has 0 amide bonds. The van der Waals surface area contributed by atoms with Crippen LogP contribution >= 0.6 is 11.5 Å². The highest BCUT2D eigenvalue weighted by Crippen LogP contribution is 2.19. The van der Waals surface area contributed by atoms with Gasteiger partial charge in [0.1, 0.15) is 11.2 Å². The topological polar surface area (TPSA) is 62.4 Å². The molecule has 6 heteroatoms. The van der Waals surface area contributed by atoms with E-state index >= 15 is 0 Å². The molecule has 3 aromatic rings. The van der Waals surface area contributed by atoms with E-state index in [1.807, 2.05) is 67.6 Å². The molecule has 0 aliphatic rings. The van der Waals surface area contributed by atoms with E-state index in [0.29, 0.717) is 11.4 Å². The molecule has 0 aliphatic heterocycles. The summed E-state index contributed by atoms with van der Waals surface area (Å²) in [7, 11) is 1.64. The van der Waals surface area contributed by atoms with Gasteiger partial charge in [0, 0.05) is 10.6 Å². The number of nitrogens with zero attached hydrogens (tertiary/aromatic N) is 2. The molecule has 0 saturated heterocycles. The number of hydrogen-bond acceptors (Lipinski definition) is 4. The van der Waals surface area contributed by atoms with E-state index in [0.717, 1.165) is 22.0 Å². The fraction of sp³-hybridized carbons (Fsp3) is 0.111. The zero-order valence-corrected chi connectivity index (χ0v) is 14.3. The van der Waals surface area contributed by atoms with Crippen molar-refractivity contribution in [2.45, 2.75) is 6.92 Å². The monoisotopic (exact) mass is 338 g/mol. The van der Waals surface area contributed by atoms with Gasteiger partial charge in [-0.15, -0.1) is 0 Å². The molecule has 2 aromatic carbocycles. The van der Waals surface area contributed by atoms with E-state index in [4.69, 9.17) is 10.1 Å². The summed E-state index contributed by atoms with van der Waals surface area (Å²) in [6.45, 7) is 1.98. The van der Waals surface area contributed by atoms with Crippen LogP contribution in [0.25, 0.3) is 0 Å². The minimum atomic E-state index is 0.396. The number of rotatable bonds is 3. The van der Waals surface area contributed by atoms with Crippen LogP contribution in [0.15, 0.2) is 65.7 Å². The molecule has 2 N–H and O–H groups in total. The first-order chi connectivity index (χ1) is 11.7. The standard InChI is InChI=1S/C18H18N4OS/c1-13-12-17(19)22(24-13)18(20-14-6-4-3-5-7-14)21-15-8-10-16(23-2)11-9-15/h3-12,19H,1-2H3,(H,20,21). The molecule has 122 valence electrons. The predicted octanol–water partition coefficient (Wildman–Crippen LogP) is 3.99. The van der Waals surface area contributed by atoms with Gasteiger partial charge in [-0.25, -0.2) is 8.95 Å². The predicted molar refractivity (Wildman–Crippen MR) is 98.5 cm³/mol. The van der Waals surface area contributed by atoms with Crippen LogP contribution in [-0.2, 0) is 0 Å². The van der Waals surface area contributed by atoms with E-state index in [2.05, 4.69) is 10.3 Å². The van der Waals surface area contributed by atoms with Crippen LogP contribution in [0.3, 0.4) is 0 Å². The van der Waals surface area contributed by atoms with Crippen LogP contribution in [0.4, 0.5) is 11.4 Å². The molecular formula is C18H18N4OS. The highest BCUT2D eigenvalue weighted by Gasteiger charge is 2.08.